The highest BCUT2D eigenvalue weighted by Crippen LogP contribution is 2.36. The van der Waals surface area contributed by atoms with E-state index in [1.54, 1.807) is 17.9 Å². The lowest BCUT2D eigenvalue weighted by molar-refractivity contribution is 0.0901. The number of aromatic nitrogens is 7. The van der Waals surface area contributed by atoms with Gasteiger partial charge in [0.05, 0.1) is 10.7 Å². The van der Waals surface area contributed by atoms with E-state index in [1.807, 2.05) is 35.5 Å². The summed E-state index contributed by atoms with van der Waals surface area (Å²) >= 11 is 6.19. The summed E-state index contributed by atoms with van der Waals surface area (Å²) in [5, 5.41) is 20.4. The van der Waals surface area contributed by atoms with Crippen LogP contribution in [0.5, 0.6) is 0 Å². The van der Waals surface area contributed by atoms with E-state index in [0.717, 1.165) is 30.2 Å². The summed E-state index contributed by atoms with van der Waals surface area (Å²) in [5.41, 5.74) is 1.05. The van der Waals surface area contributed by atoms with Gasteiger partial charge in [0.2, 0.25) is 0 Å². The van der Waals surface area contributed by atoms with Crippen molar-refractivity contribution in [1.29, 1.82) is 0 Å². The lowest BCUT2D eigenvalue weighted by atomic mass is 9.79. The molecule has 1 saturated carbocycles. The fraction of sp³-hybridized carbons (Fsp3) is 0.471. The summed E-state index contributed by atoms with van der Waals surface area (Å²) in [5.74, 6) is 1.84. The second-order valence-electron chi connectivity index (χ2n) is 6.95. The predicted octanol–water partition coefficient (Wildman–Crippen LogP) is 1.43. The van der Waals surface area contributed by atoms with Crippen molar-refractivity contribution in [3.05, 3.63) is 46.5 Å². The number of amides is 1. The first-order valence-corrected chi connectivity index (χ1v) is 9.17. The van der Waals surface area contributed by atoms with Crippen molar-refractivity contribution >= 4 is 17.5 Å². The Labute approximate surface area is 161 Å². The molecule has 1 aliphatic carbocycles. The van der Waals surface area contributed by atoms with Gasteiger partial charge in [0.15, 0.2) is 11.5 Å². The minimum Gasteiger partial charge on any atom is -0.348 e. The number of aryl methyl sites for hydroxylation is 1. The summed E-state index contributed by atoms with van der Waals surface area (Å²) in [6.07, 6.45) is 5.28. The molecule has 142 valence electrons. The number of hydrogen-bond acceptors (Lipinski definition) is 5. The van der Waals surface area contributed by atoms with Gasteiger partial charge >= 0.3 is 0 Å². The molecule has 1 N–H and O–H groups in total. The predicted molar refractivity (Wildman–Crippen MR) is 98.5 cm³/mol. The monoisotopic (exact) mass is 388 g/mol. The van der Waals surface area contributed by atoms with Crippen LogP contribution in [0.3, 0.4) is 0 Å². The summed E-state index contributed by atoms with van der Waals surface area (Å²) in [7, 11) is 3.74. The topological polar surface area (TPSA) is 95.4 Å². The van der Waals surface area contributed by atoms with Gasteiger partial charge in [-0.1, -0.05) is 11.6 Å². The Kier molecular flexibility index (Phi) is 4.47. The molecule has 0 saturated heterocycles. The second kappa shape index (κ2) is 6.80. The first-order valence-electron chi connectivity index (χ1n) is 8.79. The van der Waals surface area contributed by atoms with Gasteiger partial charge in [-0.3, -0.25) is 14.2 Å². The molecule has 0 aliphatic heterocycles. The highest BCUT2D eigenvalue weighted by Gasteiger charge is 2.35. The molecular weight excluding hydrogens is 368 g/mol. The Morgan fingerprint density at radius 1 is 1.33 bits per heavy atom. The summed E-state index contributed by atoms with van der Waals surface area (Å²) in [6.45, 7) is 2.42. The number of rotatable bonds is 5. The van der Waals surface area contributed by atoms with E-state index in [0.29, 0.717) is 11.6 Å². The van der Waals surface area contributed by atoms with E-state index in [1.165, 1.54) is 0 Å². The zero-order valence-corrected chi connectivity index (χ0v) is 16.2. The molecule has 27 heavy (non-hydrogen) atoms. The van der Waals surface area contributed by atoms with Gasteiger partial charge in [-0.25, -0.2) is 0 Å². The second-order valence-corrected chi connectivity index (χ2v) is 7.33. The maximum atomic E-state index is 12.4. The van der Waals surface area contributed by atoms with Crippen molar-refractivity contribution in [2.45, 2.75) is 38.3 Å². The molecular formula is C17H21ClN8O. The summed E-state index contributed by atoms with van der Waals surface area (Å²) in [4.78, 5) is 12.4. The lowest BCUT2D eigenvalue weighted by Crippen LogP contribution is -2.44. The van der Waals surface area contributed by atoms with Crippen molar-refractivity contribution in [3.63, 3.8) is 0 Å². The minimum atomic E-state index is -0.232. The van der Waals surface area contributed by atoms with Crippen LogP contribution in [0.1, 0.15) is 46.6 Å². The first-order chi connectivity index (χ1) is 12.9. The maximum Gasteiger partial charge on any atom is 0.273 e. The van der Waals surface area contributed by atoms with Crippen molar-refractivity contribution < 1.29 is 4.79 Å². The van der Waals surface area contributed by atoms with Crippen molar-refractivity contribution in [2.24, 2.45) is 14.1 Å². The molecule has 0 bridgehead atoms. The molecule has 3 aromatic heterocycles. The quantitative estimate of drug-likeness (QED) is 0.713. The molecule has 1 fully saturated rings. The van der Waals surface area contributed by atoms with Gasteiger partial charge in [0, 0.05) is 38.4 Å². The zero-order valence-electron chi connectivity index (χ0n) is 15.4. The van der Waals surface area contributed by atoms with E-state index < -0.39 is 0 Å². The Balaban J connectivity index is 1.36. The van der Waals surface area contributed by atoms with Gasteiger partial charge in [0.25, 0.3) is 5.91 Å². The third-order valence-corrected chi connectivity index (χ3v) is 5.63. The van der Waals surface area contributed by atoms with Gasteiger partial charge < -0.3 is 9.88 Å². The van der Waals surface area contributed by atoms with Crippen molar-refractivity contribution in [2.75, 3.05) is 0 Å². The van der Waals surface area contributed by atoms with E-state index in [9.17, 15) is 4.79 Å². The molecule has 3 heterocycles. The lowest BCUT2D eigenvalue weighted by Gasteiger charge is -2.34. The van der Waals surface area contributed by atoms with Crippen LogP contribution in [0.25, 0.3) is 0 Å². The van der Waals surface area contributed by atoms with E-state index >= 15 is 0 Å². The van der Waals surface area contributed by atoms with Crippen LogP contribution in [0, 0.1) is 6.92 Å². The maximum absolute atomic E-state index is 12.4. The first kappa shape index (κ1) is 17.7. The smallest absolute Gasteiger partial charge is 0.273 e. The zero-order chi connectivity index (χ0) is 19.1. The van der Waals surface area contributed by atoms with Crippen LogP contribution in [0.4, 0.5) is 0 Å². The average Bonchev–Trinajstić information content (AvgIpc) is 3.30. The van der Waals surface area contributed by atoms with Gasteiger partial charge in [-0.2, -0.15) is 10.2 Å². The molecule has 4 rings (SSSR count). The highest BCUT2D eigenvalue weighted by atomic mass is 35.5. The fourth-order valence-corrected chi connectivity index (χ4v) is 3.58. The molecule has 0 atom stereocenters. The van der Waals surface area contributed by atoms with Crippen LogP contribution >= 0.6 is 11.6 Å². The Morgan fingerprint density at radius 3 is 2.74 bits per heavy atom. The molecule has 0 radical (unpaired) electrons. The summed E-state index contributed by atoms with van der Waals surface area (Å²) < 4.78 is 5.45. The molecule has 9 nitrogen and oxygen atoms in total. The van der Waals surface area contributed by atoms with Crippen molar-refractivity contribution in [1.82, 2.24) is 39.6 Å². The average molecular weight is 389 g/mol. The highest BCUT2D eigenvalue weighted by molar-refractivity contribution is 6.34. The van der Waals surface area contributed by atoms with Crippen LogP contribution in [-0.2, 0) is 20.6 Å². The van der Waals surface area contributed by atoms with Gasteiger partial charge in [-0.05, 0) is 25.8 Å². The Morgan fingerprint density at radius 2 is 2.11 bits per heavy atom. The molecule has 1 amide bonds. The third-order valence-electron chi connectivity index (χ3n) is 5.18. The number of halogens is 1. The van der Waals surface area contributed by atoms with E-state index in [-0.39, 0.29) is 23.6 Å². The Bertz CT molecular complexity index is 968. The van der Waals surface area contributed by atoms with Crippen LogP contribution in [0.2, 0.25) is 5.02 Å². The summed E-state index contributed by atoms with van der Waals surface area (Å²) in [6, 6.07) is 1.97. The largest absolute Gasteiger partial charge is 0.348 e. The van der Waals surface area contributed by atoms with Crippen molar-refractivity contribution in [3.8, 4) is 0 Å². The number of hydrogen-bond donors (Lipinski definition) is 1. The van der Waals surface area contributed by atoms with Gasteiger partial charge in [-0.15, -0.1) is 10.2 Å². The van der Waals surface area contributed by atoms with Crippen LogP contribution in [0.15, 0.2) is 18.5 Å². The molecule has 3 aromatic rings. The molecule has 0 spiro atoms. The molecule has 1 aliphatic rings. The van der Waals surface area contributed by atoms with E-state index in [4.69, 9.17) is 11.6 Å². The van der Waals surface area contributed by atoms with Crippen LogP contribution < -0.4 is 5.32 Å². The van der Waals surface area contributed by atoms with Crippen LogP contribution in [-0.4, -0.2) is 46.3 Å². The number of carbonyl (C=O) groups excluding carboxylic acids is 1. The van der Waals surface area contributed by atoms with Gasteiger partial charge in [0.1, 0.15) is 12.4 Å². The standard InChI is InChI=1S/C17H21ClN8O/c1-10-14(18)15(23-25(10)3)17(27)20-12-7-11(8-12)16-22-21-13(24(16)2)9-26-6-4-5-19-26/h4-6,11-12H,7-9H2,1-3H3,(H,20,27). The molecule has 10 heteroatoms. The number of carbonyl (C=O) groups is 1. The SMILES string of the molecule is Cc1c(Cl)c(C(=O)NC2CC(c3nnc(Cn4cccn4)n3C)C2)nn1C. The number of nitrogens with zero attached hydrogens (tertiary/aromatic N) is 7. The minimum absolute atomic E-state index is 0.0899. The normalized spacial score (nSPS) is 19.1. The fourth-order valence-electron chi connectivity index (χ4n) is 3.34. The Hall–Kier alpha value is -2.68. The number of nitrogens with one attached hydrogen (secondary N) is 1. The molecule has 0 aromatic carbocycles. The third kappa shape index (κ3) is 3.23. The molecule has 0 unspecified atom stereocenters. The van der Waals surface area contributed by atoms with E-state index in [2.05, 4.69) is 25.7 Å².